The van der Waals surface area contributed by atoms with Crippen molar-refractivity contribution >= 4 is 32.8 Å². The number of hydrogen-bond donors (Lipinski definition) is 0. The number of esters is 1. The summed E-state index contributed by atoms with van der Waals surface area (Å²) in [6.45, 7) is 1.66. The van der Waals surface area contributed by atoms with Gasteiger partial charge in [-0.15, -0.1) is 0 Å². The van der Waals surface area contributed by atoms with Gasteiger partial charge in [0.25, 0.3) is 0 Å². The Labute approximate surface area is 120 Å². The van der Waals surface area contributed by atoms with Crippen LogP contribution < -0.4 is 0 Å². The Morgan fingerprint density at radius 2 is 2.21 bits per heavy atom. The molecule has 0 aliphatic heterocycles. The van der Waals surface area contributed by atoms with Crippen LogP contribution in [0.3, 0.4) is 0 Å². The number of carbonyl (C=O) groups is 1. The molecular weight excluding hydrogens is 310 g/mol. The molecule has 0 saturated heterocycles. The summed E-state index contributed by atoms with van der Waals surface area (Å²) in [6.07, 6.45) is 1.80. The van der Waals surface area contributed by atoms with E-state index in [-0.39, 0.29) is 5.97 Å². The van der Waals surface area contributed by atoms with E-state index in [9.17, 15) is 4.79 Å². The van der Waals surface area contributed by atoms with E-state index in [1.54, 1.807) is 12.3 Å². The van der Waals surface area contributed by atoms with Crippen molar-refractivity contribution in [3.05, 3.63) is 28.4 Å². The Morgan fingerprint density at radius 1 is 1.47 bits per heavy atom. The highest BCUT2D eigenvalue weighted by Crippen LogP contribution is 2.26. The van der Waals surface area contributed by atoms with Gasteiger partial charge in [-0.25, -0.2) is 4.79 Å². The lowest BCUT2D eigenvalue weighted by atomic mass is 10.1. The summed E-state index contributed by atoms with van der Waals surface area (Å²) in [7, 11) is 5.41. The minimum Gasteiger partial charge on any atom is -0.465 e. The summed E-state index contributed by atoms with van der Waals surface area (Å²) in [5, 5.41) is 5.35. The molecule has 1 aromatic carbocycles. The van der Waals surface area contributed by atoms with Gasteiger partial charge in [0.2, 0.25) is 0 Å². The van der Waals surface area contributed by atoms with Crippen molar-refractivity contribution in [1.29, 1.82) is 0 Å². The standard InChI is InChI=1S/C13H16BrN3O2/c1-16(2)4-5-17-12-7-9(13(18)19-3)6-11(14)10(12)8-15-17/h6-8H,4-5H2,1-3H3. The molecule has 1 aromatic heterocycles. The molecule has 0 radical (unpaired) electrons. The smallest absolute Gasteiger partial charge is 0.337 e. The summed E-state index contributed by atoms with van der Waals surface area (Å²) in [4.78, 5) is 13.7. The van der Waals surface area contributed by atoms with Crippen molar-refractivity contribution in [2.75, 3.05) is 27.7 Å². The molecule has 2 rings (SSSR count). The minimum atomic E-state index is -0.344. The molecule has 0 atom stereocenters. The summed E-state index contributed by atoms with van der Waals surface area (Å²) >= 11 is 3.47. The van der Waals surface area contributed by atoms with Crippen molar-refractivity contribution in [3.8, 4) is 0 Å². The zero-order chi connectivity index (χ0) is 14.0. The summed E-state index contributed by atoms with van der Waals surface area (Å²) < 4.78 is 7.50. The third-order valence-electron chi connectivity index (χ3n) is 2.89. The first-order chi connectivity index (χ1) is 9.02. The van der Waals surface area contributed by atoms with Crippen LogP contribution >= 0.6 is 15.9 Å². The molecule has 19 heavy (non-hydrogen) atoms. The fraction of sp³-hybridized carbons (Fsp3) is 0.385. The fourth-order valence-corrected chi connectivity index (χ4v) is 2.40. The average molecular weight is 326 g/mol. The third-order valence-corrected chi connectivity index (χ3v) is 3.55. The number of likely N-dealkylation sites (N-methyl/N-ethyl adjacent to an activating group) is 1. The topological polar surface area (TPSA) is 47.4 Å². The summed E-state index contributed by atoms with van der Waals surface area (Å²) in [5.74, 6) is -0.344. The van der Waals surface area contributed by atoms with Crippen LogP contribution in [0.15, 0.2) is 22.8 Å². The molecule has 0 saturated carbocycles. The van der Waals surface area contributed by atoms with Crippen molar-refractivity contribution in [3.63, 3.8) is 0 Å². The Kier molecular flexibility index (Phi) is 4.21. The Hall–Kier alpha value is -1.40. The molecule has 0 spiro atoms. The molecule has 0 N–H and O–H groups in total. The first-order valence-electron chi connectivity index (χ1n) is 5.91. The van der Waals surface area contributed by atoms with E-state index in [2.05, 4.69) is 25.9 Å². The molecule has 0 aliphatic carbocycles. The van der Waals surface area contributed by atoms with Crippen LogP contribution in [0.2, 0.25) is 0 Å². The number of rotatable bonds is 4. The average Bonchev–Trinajstić information content (AvgIpc) is 2.79. The Morgan fingerprint density at radius 3 is 2.84 bits per heavy atom. The lowest BCUT2D eigenvalue weighted by molar-refractivity contribution is 0.0601. The van der Waals surface area contributed by atoms with Gasteiger partial charge in [0.05, 0.1) is 30.9 Å². The molecule has 0 bridgehead atoms. The normalized spacial score (nSPS) is 11.2. The van der Waals surface area contributed by atoms with E-state index in [1.807, 2.05) is 24.8 Å². The molecule has 102 valence electrons. The number of ether oxygens (including phenoxy) is 1. The maximum absolute atomic E-state index is 11.6. The number of nitrogens with zero attached hydrogens (tertiary/aromatic N) is 3. The van der Waals surface area contributed by atoms with Crippen LogP contribution in [0.4, 0.5) is 0 Å². The van der Waals surface area contributed by atoms with E-state index >= 15 is 0 Å². The van der Waals surface area contributed by atoms with Crippen molar-refractivity contribution in [1.82, 2.24) is 14.7 Å². The van der Waals surface area contributed by atoms with Gasteiger partial charge in [-0.05, 0) is 26.2 Å². The number of aromatic nitrogens is 2. The monoisotopic (exact) mass is 325 g/mol. The van der Waals surface area contributed by atoms with Crippen molar-refractivity contribution in [2.24, 2.45) is 0 Å². The molecule has 0 unspecified atom stereocenters. The third kappa shape index (κ3) is 2.96. The number of methoxy groups -OCH3 is 1. The van der Waals surface area contributed by atoms with Gasteiger partial charge >= 0.3 is 5.97 Å². The van der Waals surface area contributed by atoms with Gasteiger partial charge in [0.15, 0.2) is 0 Å². The van der Waals surface area contributed by atoms with Gasteiger partial charge in [-0.3, -0.25) is 4.68 Å². The van der Waals surface area contributed by atoms with Crippen LogP contribution in [-0.4, -0.2) is 48.4 Å². The van der Waals surface area contributed by atoms with Gasteiger partial charge < -0.3 is 9.64 Å². The highest BCUT2D eigenvalue weighted by molar-refractivity contribution is 9.10. The van der Waals surface area contributed by atoms with E-state index in [1.165, 1.54) is 7.11 Å². The SMILES string of the molecule is COC(=O)c1cc(Br)c2cnn(CCN(C)C)c2c1. The fourth-order valence-electron chi connectivity index (χ4n) is 1.84. The zero-order valence-corrected chi connectivity index (χ0v) is 12.8. The van der Waals surface area contributed by atoms with E-state index in [0.29, 0.717) is 5.56 Å². The summed E-state index contributed by atoms with van der Waals surface area (Å²) in [5.41, 5.74) is 1.45. The molecule has 6 heteroatoms. The minimum absolute atomic E-state index is 0.344. The highest BCUT2D eigenvalue weighted by Gasteiger charge is 2.12. The zero-order valence-electron chi connectivity index (χ0n) is 11.2. The first kappa shape index (κ1) is 14.0. The van der Waals surface area contributed by atoms with Crippen LogP contribution in [-0.2, 0) is 11.3 Å². The van der Waals surface area contributed by atoms with E-state index in [4.69, 9.17) is 4.74 Å². The number of fused-ring (bicyclic) bond motifs is 1. The van der Waals surface area contributed by atoms with Crippen LogP contribution in [0.5, 0.6) is 0 Å². The second-order valence-electron chi connectivity index (χ2n) is 4.55. The molecule has 5 nitrogen and oxygen atoms in total. The predicted molar refractivity (Wildman–Crippen MR) is 77.3 cm³/mol. The Bertz CT molecular complexity index is 607. The number of hydrogen-bond acceptors (Lipinski definition) is 4. The first-order valence-corrected chi connectivity index (χ1v) is 6.70. The number of benzene rings is 1. The molecule has 0 aliphatic rings. The molecule has 2 aromatic rings. The van der Waals surface area contributed by atoms with E-state index < -0.39 is 0 Å². The molecule has 0 fully saturated rings. The maximum Gasteiger partial charge on any atom is 0.337 e. The van der Waals surface area contributed by atoms with Gasteiger partial charge in [-0.2, -0.15) is 5.10 Å². The Balaban J connectivity index is 2.44. The van der Waals surface area contributed by atoms with Crippen molar-refractivity contribution < 1.29 is 9.53 Å². The lowest BCUT2D eigenvalue weighted by Crippen LogP contribution is -2.19. The quantitative estimate of drug-likeness (QED) is 0.808. The van der Waals surface area contributed by atoms with Gasteiger partial charge in [0, 0.05) is 16.4 Å². The molecule has 1 heterocycles. The van der Waals surface area contributed by atoms with Crippen LogP contribution in [0, 0.1) is 0 Å². The largest absolute Gasteiger partial charge is 0.465 e. The number of halogens is 1. The lowest BCUT2D eigenvalue weighted by Gasteiger charge is -2.10. The van der Waals surface area contributed by atoms with Crippen molar-refractivity contribution in [2.45, 2.75) is 6.54 Å². The van der Waals surface area contributed by atoms with Crippen LogP contribution in [0.1, 0.15) is 10.4 Å². The molecule has 0 amide bonds. The highest BCUT2D eigenvalue weighted by atomic mass is 79.9. The van der Waals surface area contributed by atoms with Gasteiger partial charge in [0.1, 0.15) is 0 Å². The predicted octanol–water partition coefficient (Wildman–Crippen LogP) is 2.15. The second kappa shape index (κ2) is 5.71. The second-order valence-corrected chi connectivity index (χ2v) is 5.41. The van der Waals surface area contributed by atoms with Gasteiger partial charge in [-0.1, -0.05) is 15.9 Å². The number of carbonyl (C=O) groups excluding carboxylic acids is 1. The van der Waals surface area contributed by atoms with E-state index in [0.717, 1.165) is 28.5 Å². The maximum atomic E-state index is 11.6. The van der Waals surface area contributed by atoms with Crippen LogP contribution in [0.25, 0.3) is 10.9 Å². The summed E-state index contributed by atoms with van der Waals surface area (Å²) in [6, 6.07) is 3.57. The molecular formula is C13H16BrN3O2.